The van der Waals surface area contributed by atoms with Crippen LogP contribution in [0.5, 0.6) is 0 Å². The number of amides is 1. The highest BCUT2D eigenvalue weighted by molar-refractivity contribution is 5.81. The summed E-state index contributed by atoms with van der Waals surface area (Å²) in [5.74, 6) is -0.958. The molecule has 2 N–H and O–H groups in total. The lowest BCUT2D eigenvalue weighted by atomic mass is 9.82. The third kappa shape index (κ3) is 2.61. The molecule has 2 heterocycles. The number of aliphatic carboxylic acids is 1. The molecule has 3 unspecified atom stereocenters. The van der Waals surface area contributed by atoms with Gasteiger partial charge in [-0.3, -0.25) is 9.59 Å². The van der Waals surface area contributed by atoms with Crippen molar-refractivity contribution in [3.8, 4) is 0 Å². The third-order valence-corrected chi connectivity index (χ3v) is 4.85. The first-order valence-electron chi connectivity index (χ1n) is 7.19. The first kappa shape index (κ1) is 14.3. The Bertz CT molecular complexity index is 364. The highest BCUT2D eigenvalue weighted by Gasteiger charge is 2.45. The number of carbonyl (C=O) groups excluding carboxylic acids is 1. The van der Waals surface area contributed by atoms with E-state index >= 15 is 0 Å². The number of carbonyl (C=O) groups is 2. The van der Waals surface area contributed by atoms with Gasteiger partial charge in [-0.1, -0.05) is 13.8 Å². The average molecular weight is 269 g/mol. The molecule has 0 saturated carbocycles. The minimum Gasteiger partial charge on any atom is -0.481 e. The van der Waals surface area contributed by atoms with E-state index < -0.39 is 11.4 Å². The SMILES string of the molecule is CCC(CC)(CNC(=O)C1CC2CCC1O2)C(=O)O. The Hall–Kier alpha value is -1.10. The number of hydrogen-bond acceptors (Lipinski definition) is 3. The van der Waals surface area contributed by atoms with Crippen LogP contribution in [0.3, 0.4) is 0 Å². The molecular weight excluding hydrogens is 246 g/mol. The second-order valence-electron chi connectivity index (χ2n) is 5.73. The molecule has 2 rings (SSSR count). The zero-order chi connectivity index (χ0) is 14.0. The number of carboxylic acids is 1. The van der Waals surface area contributed by atoms with Gasteiger partial charge in [0.25, 0.3) is 0 Å². The highest BCUT2D eigenvalue weighted by atomic mass is 16.5. The van der Waals surface area contributed by atoms with Crippen LogP contribution in [0.2, 0.25) is 0 Å². The maximum Gasteiger partial charge on any atom is 0.311 e. The average Bonchev–Trinajstić information content (AvgIpc) is 3.02. The topological polar surface area (TPSA) is 75.6 Å². The van der Waals surface area contributed by atoms with E-state index in [1.807, 2.05) is 13.8 Å². The number of fused-ring (bicyclic) bond motifs is 2. The van der Waals surface area contributed by atoms with Gasteiger partial charge in [0, 0.05) is 6.54 Å². The van der Waals surface area contributed by atoms with E-state index in [4.69, 9.17) is 4.74 Å². The summed E-state index contributed by atoms with van der Waals surface area (Å²) in [6.07, 6.45) is 4.12. The van der Waals surface area contributed by atoms with E-state index in [9.17, 15) is 14.7 Å². The smallest absolute Gasteiger partial charge is 0.311 e. The fraction of sp³-hybridized carbons (Fsp3) is 0.857. The third-order valence-electron chi connectivity index (χ3n) is 4.85. The molecule has 2 bridgehead atoms. The Labute approximate surface area is 113 Å². The van der Waals surface area contributed by atoms with Crippen LogP contribution in [-0.2, 0) is 14.3 Å². The van der Waals surface area contributed by atoms with Crippen LogP contribution in [-0.4, -0.2) is 35.7 Å². The molecule has 0 aromatic rings. The van der Waals surface area contributed by atoms with Gasteiger partial charge in [0.2, 0.25) is 5.91 Å². The maximum atomic E-state index is 12.2. The zero-order valence-electron chi connectivity index (χ0n) is 11.6. The second kappa shape index (κ2) is 5.49. The predicted molar refractivity (Wildman–Crippen MR) is 69.7 cm³/mol. The van der Waals surface area contributed by atoms with E-state index in [0.29, 0.717) is 12.8 Å². The van der Waals surface area contributed by atoms with Crippen molar-refractivity contribution in [3.63, 3.8) is 0 Å². The molecule has 0 aliphatic carbocycles. The molecule has 0 aromatic carbocycles. The lowest BCUT2D eigenvalue weighted by molar-refractivity contribution is -0.149. The maximum absolute atomic E-state index is 12.2. The summed E-state index contributed by atoms with van der Waals surface area (Å²) in [5.41, 5.74) is -0.839. The fourth-order valence-corrected chi connectivity index (χ4v) is 3.18. The first-order valence-corrected chi connectivity index (χ1v) is 7.19. The summed E-state index contributed by atoms with van der Waals surface area (Å²) in [5, 5.41) is 12.2. The van der Waals surface area contributed by atoms with Crippen molar-refractivity contribution in [1.82, 2.24) is 5.32 Å². The molecule has 3 atom stereocenters. The lowest BCUT2D eigenvalue weighted by Crippen LogP contribution is -2.45. The summed E-state index contributed by atoms with van der Waals surface area (Å²) < 4.78 is 5.66. The van der Waals surface area contributed by atoms with Crippen LogP contribution in [0.1, 0.15) is 46.0 Å². The Morgan fingerprint density at radius 2 is 2.00 bits per heavy atom. The van der Waals surface area contributed by atoms with Gasteiger partial charge in [0.1, 0.15) is 0 Å². The van der Waals surface area contributed by atoms with Gasteiger partial charge in [-0.25, -0.2) is 0 Å². The van der Waals surface area contributed by atoms with E-state index in [0.717, 1.165) is 19.3 Å². The quantitative estimate of drug-likeness (QED) is 0.767. The van der Waals surface area contributed by atoms with Crippen LogP contribution in [0, 0.1) is 11.3 Å². The molecule has 2 saturated heterocycles. The molecule has 19 heavy (non-hydrogen) atoms. The van der Waals surface area contributed by atoms with Crippen molar-refractivity contribution in [2.24, 2.45) is 11.3 Å². The number of hydrogen-bond donors (Lipinski definition) is 2. The minimum atomic E-state index is -0.839. The summed E-state index contributed by atoms with van der Waals surface area (Å²) in [6, 6.07) is 0. The lowest BCUT2D eigenvalue weighted by Gasteiger charge is -2.28. The fourth-order valence-electron chi connectivity index (χ4n) is 3.18. The predicted octanol–water partition coefficient (Wildman–Crippen LogP) is 1.56. The number of carboxylic acid groups (broad SMARTS) is 1. The Balaban J connectivity index is 1.91. The largest absolute Gasteiger partial charge is 0.481 e. The molecule has 1 amide bonds. The van der Waals surface area contributed by atoms with Gasteiger partial charge in [0.15, 0.2) is 0 Å². The van der Waals surface area contributed by atoms with Crippen LogP contribution in [0.4, 0.5) is 0 Å². The normalized spacial score (nSPS) is 29.5. The molecular formula is C14H23NO4. The van der Waals surface area contributed by atoms with Gasteiger partial charge in [-0.2, -0.15) is 0 Å². The zero-order valence-corrected chi connectivity index (χ0v) is 11.6. The molecule has 2 aliphatic heterocycles. The van der Waals surface area contributed by atoms with Crippen molar-refractivity contribution in [2.45, 2.75) is 58.2 Å². The van der Waals surface area contributed by atoms with Gasteiger partial charge in [0.05, 0.1) is 23.5 Å². The van der Waals surface area contributed by atoms with Crippen molar-refractivity contribution < 1.29 is 19.4 Å². The van der Waals surface area contributed by atoms with Gasteiger partial charge in [-0.05, 0) is 32.1 Å². The van der Waals surface area contributed by atoms with E-state index in [-0.39, 0.29) is 30.6 Å². The standard InChI is InChI=1S/C14H23NO4/c1-3-14(4-2,13(17)18)8-15-12(16)10-7-9-5-6-11(10)19-9/h9-11H,3-8H2,1-2H3,(H,15,16)(H,17,18). The van der Waals surface area contributed by atoms with Gasteiger partial charge >= 0.3 is 5.97 Å². The molecule has 108 valence electrons. The Morgan fingerprint density at radius 3 is 2.42 bits per heavy atom. The highest BCUT2D eigenvalue weighted by Crippen LogP contribution is 2.39. The first-order chi connectivity index (χ1) is 9.02. The summed E-state index contributed by atoms with van der Waals surface area (Å²) >= 11 is 0. The Kier molecular flexibility index (Phi) is 4.13. The summed E-state index contributed by atoms with van der Waals surface area (Å²) in [7, 11) is 0. The van der Waals surface area contributed by atoms with Crippen LogP contribution < -0.4 is 5.32 Å². The summed E-state index contributed by atoms with van der Waals surface area (Å²) in [4.78, 5) is 23.5. The number of rotatable bonds is 6. The monoisotopic (exact) mass is 269 g/mol. The molecule has 0 spiro atoms. The van der Waals surface area contributed by atoms with Gasteiger partial charge < -0.3 is 15.2 Å². The number of ether oxygens (including phenoxy) is 1. The van der Waals surface area contributed by atoms with Crippen molar-refractivity contribution >= 4 is 11.9 Å². The number of nitrogens with one attached hydrogen (secondary N) is 1. The van der Waals surface area contributed by atoms with Crippen molar-refractivity contribution in [2.75, 3.05) is 6.54 Å². The molecule has 5 nitrogen and oxygen atoms in total. The summed E-state index contributed by atoms with van der Waals surface area (Å²) in [6.45, 7) is 3.91. The molecule has 2 fully saturated rings. The van der Waals surface area contributed by atoms with Crippen molar-refractivity contribution in [1.29, 1.82) is 0 Å². The van der Waals surface area contributed by atoms with E-state index in [1.165, 1.54) is 0 Å². The molecule has 0 radical (unpaired) electrons. The van der Waals surface area contributed by atoms with E-state index in [2.05, 4.69) is 5.32 Å². The molecule has 0 aromatic heterocycles. The van der Waals surface area contributed by atoms with Crippen LogP contribution >= 0.6 is 0 Å². The molecule has 2 aliphatic rings. The second-order valence-corrected chi connectivity index (χ2v) is 5.73. The minimum absolute atomic E-state index is 0.0419. The van der Waals surface area contributed by atoms with Crippen LogP contribution in [0.25, 0.3) is 0 Å². The molecule has 5 heteroatoms. The van der Waals surface area contributed by atoms with Crippen LogP contribution in [0.15, 0.2) is 0 Å². The Morgan fingerprint density at radius 1 is 1.32 bits per heavy atom. The van der Waals surface area contributed by atoms with Gasteiger partial charge in [-0.15, -0.1) is 0 Å². The van der Waals surface area contributed by atoms with Crippen molar-refractivity contribution in [3.05, 3.63) is 0 Å². The van der Waals surface area contributed by atoms with E-state index in [1.54, 1.807) is 0 Å².